The zero-order valence-corrected chi connectivity index (χ0v) is 16.1. The number of hydrogen-bond donors (Lipinski definition) is 1. The lowest BCUT2D eigenvalue weighted by Crippen LogP contribution is -2.38. The molecule has 0 saturated carbocycles. The van der Waals surface area contributed by atoms with Crippen LogP contribution in [0.1, 0.15) is 24.5 Å². The molecule has 1 unspecified atom stereocenters. The van der Waals surface area contributed by atoms with Crippen molar-refractivity contribution in [3.8, 4) is 0 Å². The molecule has 0 bridgehead atoms. The van der Waals surface area contributed by atoms with Crippen LogP contribution in [0.3, 0.4) is 0 Å². The van der Waals surface area contributed by atoms with Crippen molar-refractivity contribution in [3.63, 3.8) is 0 Å². The first-order valence-electron chi connectivity index (χ1n) is 8.70. The highest BCUT2D eigenvalue weighted by Gasteiger charge is 2.27. The van der Waals surface area contributed by atoms with Crippen LogP contribution >= 0.6 is 23.2 Å². The number of ether oxygens (including phenoxy) is 1. The van der Waals surface area contributed by atoms with Gasteiger partial charge in [0.1, 0.15) is 0 Å². The molecule has 2 aromatic carbocycles. The number of halogens is 2. The second kappa shape index (κ2) is 8.72. The van der Waals surface area contributed by atoms with Crippen molar-refractivity contribution >= 4 is 34.7 Å². The lowest BCUT2D eigenvalue weighted by Gasteiger charge is -2.28. The van der Waals surface area contributed by atoms with E-state index in [1.165, 1.54) is 5.56 Å². The predicted octanol–water partition coefficient (Wildman–Crippen LogP) is 4.91. The van der Waals surface area contributed by atoms with Gasteiger partial charge < -0.3 is 10.1 Å². The largest absolute Gasteiger partial charge is 0.463 e. The van der Waals surface area contributed by atoms with Crippen LogP contribution in [-0.2, 0) is 16.0 Å². The molecule has 0 spiro atoms. The first-order chi connectivity index (χ1) is 12.6. The maximum absolute atomic E-state index is 12.6. The van der Waals surface area contributed by atoms with Crippen molar-refractivity contribution < 1.29 is 9.53 Å². The van der Waals surface area contributed by atoms with Crippen LogP contribution in [-0.4, -0.2) is 25.2 Å². The summed E-state index contributed by atoms with van der Waals surface area (Å²) in [6.45, 7) is 2.76. The highest BCUT2D eigenvalue weighted by atomic mass is 35.5. The van der Waals surface area contributed by atoms with Crippen LogP contribution in [0.15, 0.2) is 54.1 Å². The number of carbonyl (C=O) groups excluding carboxylic acids is 1. The van der Waals surface area contributed by atoms with Gasteiger partial charge in [-0.05, 0) is 48.6 Å². The first kappa shape index (κ1) is 19.0. The predicted molar refractivity (Wildman–Crippen MR) is 107 cm³/mol. The Morgan fingerprint density at radius 3 is 2.62 bits per heavy atom. The Balaban J connectivity index is 1.89. The molecular weight excluding hydrogens is 369 g/mol. The molecule has 5 heteroatoms. The number of hydrogen-bond acceptors (Lipinski definition) is 3. The molecule has 1 aliphatic rings. The molecule has 1 heterocycles. The number of benzene rings is 2. The highest BCUT2D eigenvalue weighted by Crippen LogP contribution is 2.31. The molecule has 1 aliphatic heterocycles. The standard InChI is InChI=1S/C21H21Cl2NO2/c1-2-26-21(25)17-12-16(10-14-6-4-3-5-7-14)24-13-18(17)15-8-9-19(22)20(23)11-15/h3-9,11,16,24H,2,10,12-13H2,1H3. The Bertz CT molecular complexity index is 818. The minimum absolute atomic E-state index is 0.184. The number of rotatable bonds is 5. The van der Waals surface area contributed by atoms with Crippen molar-refractivity contribution in [2.24, 2.45) is 0 Å². The van der Waals surface area contributed by atoms with Gasteiger partial charge in [0.25, 0.3) is 0 Å². The summed E-state index contributed by atoms with van der Waals surface area (Å²) < 4.78 is 5.30. The monoisotopic (exact) mass is 389 g/mol. The lowest BCUT2D eigenvalue weighted by molar-refractivity contribution is -0.138. The Morgan fingerprint density at radius 2 is 1.92 bits per heavy atom. The Hall–Kier alpha value is -1.81. The summed E-state index contributed by atoms with van der Waals surface area (Å²) in [5.74, 6) is -0.256. The van der Waals surface area contributed by atoms with Gasteiger partial charge in [0, 0.05) is 18.2 Å². The van der Waals surface area contributed by atoms with Gasteiger partial charge in [-0.25, -0.2) is 4.79 Å². The molecule has 0 aliphatic carbocycles. The van der Waals surface area contributed by atoms with E-state index in [0.717, 1.165) is 17.6 Å². The SMILES string of the molecule is CCOC(=O)C1=C(c2ccc(Cl)c(Cl)c2)CNC(Cc2ccccc2)C1. The quantitative estimate of drug-likeness (QED) is 0.737. The van der Waals surface area contributed by atoms with E-state index in [-0.39, 0.29) is 12.0 Å². The minimum Gasteiger partial charge on any atom is -0.463 e. The minimum atomic E-state index is -0.256. The molecule has 0 fully saturated rings. The van der Waals surface area contributed by atoms with E-state index in [2.05, 4.69) is 17.4 Å². The fourth-order valence-electron chi connectivity index (χ4n) is 3.22. The molecule has 2 aromatic rings. The summed E-state index contributed by atoms with van der Waals surface area (Å²) >= 11 is 12.2. The number of esters is 1. The fourth-order valence-corrected chi connectivity index (χ4v) is 3.52. The van der Waals surface area contributed by atoms with E-state index in [1.807, 2.05) is 31.2 Å². The van der Waals surface area contributed by atoms with Crippen molar-refractivity contribution in [2.75, 3.05) is 13.2 Å². The summed E-state index contributed by atoms with van der Waals surface area (Å²) in [5.41, 5.74) is 3.77. The van der Waals surface area contributed by atoms with Crippen molar-refractivity contribution in [3.05, 3.63) is 75.3 Å². The smallest absolute Gasteiger partial charge is 0.334 e. The molecule has 1 atom stereocenters. The number of carbonyl (C=O) groups is 1. The van der Waals surface area contributed by atoms with Crippen molar-refractivity contribution in [1.29, 1.82) is 0 Å². The zero-order valence-electron chi connectivity index (χ0n) is 14.6. The van der Waals surface area contributed by atoms with Gasteiger partial charge in [0.2, 0.25) is 0 Å². The van der Waals surface area contributed by atoms with E-state index in [1.54, 1.807) is 12.1 Å². The summed E-state index contributed by atoms with van der Waals surface area (Å²) in [6, 6.07) is 15.9. The third kappa shape index (κ3) is 4.47. The van der Waals surface area contributed by atoms with Crippen molar-refractivity contribution in [2.45, 2.75) is 25.8 Å². The van der Waals surface area contributed by atoms with Gasteiger partial charge in [0.05, 0.1) is 16.7 Å². The van der Waals surface area contributed by atoms with Gasteiger partial charge in [-0.2, -0.15) is 0 Å². The molecule has 1 N–H and O–H groups in total. The van der Waals surface area contributed by atoms with Crippen LogP contribution < -0.4 is 5.32 Å². The maximum atomic E-state index is 12.6. The van der Waals surface area contributed by atoms with E-state index in [9.17, 15) is 4.79 Å². The van der Waals surface area contributed by atoms with Crippen LogP contribution in [0.4, 0.5) is 0 Å². The first-order valence-corrected chi connectivity index (χ1v) is 9.46. The average molecular weight is 390 g/mol. The van der Waals surface area contributed by atoms with Gasteiger partial charge in [-0.1, -0.05) is 59.6 Å². The van der Waals surface area contributed by atoms with E-state index >= 15 is 0 Å². The van der Waals surface area contributed by atoms with Gasteiger partial charge >= 0.3 is 5.97 Å². The van der Waals surface area contributed by atoms with Crippen molar-refractivity contribution in [1.82, 2.24) is 5.32 Å². The molecule has 26 heavy (non-hydrogen) atoms. The molecule has 0 amide bonds. The molecule has 3 rings (SSSR count). The van der Waals surface area contributed by atoms with Gasteiger partial charge in [-0.3, -0.25) is 0 Å². The summed E-state index contributed by atoms with van der Waals surface area (Å²) in [7, 11) is 0. The lowest BCUT2D eigenvalue weighted by atomic mass is 9.89. The molecule has 0 saturated heterocycles. The number of nitrogens with one attached hydrogen (secondary N) is 1. The highest BCUT2D eigenvalue weighted by molar-refractivity contribution is 6.42. The fraction of sp³-hybridized carbons (Fsp3) is 0.286. The molecule has 0 radical (unpaired) electrons. The third-order valence-corrected chi connectivity index (χ3v) is 5.24. The van der Waals surface area contributed by atoms with Crippen LogP contribution in [0.5, 0.6) is 0 Å². The topological polar surface area (TPSA) is 38.3 Å². The summed E-state index contributed by atoms with van der Waals surface area (Å²) in [5, 5.41) is 4.51. The molecule has 136 valence electrons. The van der Waals surface area contributed by atoms with Gasteiger partial charge in [0.15, 0.2) is 0 Å². The van der Waals surface area contributed by atoms with Crippen LogP contribution in [0, 0.1) is 0 Å². The van der Waals surface area contributed by atoms with E-state index in [0.29, 0.717) is 35.2 Å². The molecule has 0 aromatic heterocycles. The van der Waals surface area contributed by atoms with E-state index in [4.69, 9.17) is 27.9 Å². The summed E-state index contributed by atoms with van der Waals surface area (Å²) in [4.78, 5) is 12.6. The molecule has 3 nitrogen and oxygen atoms in total. The molecular formula is C21H21Cl2NO2. The average Bonchev–Trinajstić information content (AvgIpc) is 2.65. The second-order valence-corrected chi connectivity index (χ2v) is 7.09. The van der Waals surface area contributed by atoms with Gasteiger partial charge in [-0.15, -0.1) is 0 Å². The Morgan fingerprint density at radius 1 is 1.15 bits per heavy atom. The summed E-state index contributed by atoms with van der Waals surface area (Å²) in [6.07, 6.45) is 1.47. The zero-order chi connectivity index (χ0) is 18.5. The van der Waals surface area contributed by atoms with Crippen LogP contribution in [0.2, 0.25) is 10.0 Å². The normalized spacial score (nSPS) is 17.3. The Kier molecular flexibility index (Phi) is 6.36. The third-order valence-electron chi connectivity index (χ3n) is 4.50. The Labute approximate surface area is 164 Å². The maximum Gasteiger partial charge on any atom is 0.334 e. The van der Waals surface area contributed by atoms with Crippen LogP contribution in [0.25, 0.3) is 5.57 Å². The second-order valence-electron chi connectivity index (χ2n) is 6.28. The van der Waals surface area contributed by atoms with E-state index < -0.39 is 0 Å².